The van der Waals surface area contributed by atoms with Crippen molar-refractivity contribution < 1.29 is 17.9 Å². The van der Waals surface area contributed by atoms with Crippen LogP contribution in [0.25, 0.3) is 0 Å². The number of halogens is 4. The average molecular weight is 357 g/mol. The molecule has 0 aliphatic heterocycles. The lowest BCUT2D eigenvalue weighted by molar-refractivity contribution is -0.137. The van der Waals surface area contributed by atoms with Gasteiger partial charge in [-0.2, -0.15) is 13.2 Å². The van der Waals surface area contributed by atoms with Crippen LogP contribution in [0.3, 0.4) is 0 Å². The first-order chi connectivity index (χ1) is 11.3. The highest BCUT2D eigenvalue weighted by Crippen LogP contribution is 2.37. The molecule has 0 radical (unpaired) electrons. The molecule has 3 nitrogen and oxygen atoms in total. The van der Waals surface area contributed by atoms with Gasteiger partial charge in [-0.25, -0.2) is 4.99 Å². The van der Waals surface area contributed by atoms with Gasteiger partial charge in [0, 0.05) is 13.6 Å². The van der Waals surface area contributed by atoms with Crippen molar-refractivity contribution in [1.82, 2.24) is 4.90 Å². The van der Waals surface area contributed by atoms with E-state index in [0.29, 0.717) is 5.75 Å². The van der Waals surface area contributed by atoms with E-state index < -0.39 is 11.7 Å². The Balaban J connectivity index is 2.13. The third kappa shape index (κ3) is 4.89. The van der Waals surface area contributed by atoms with Gasteiger partial charge < -0.3 is 9.64 Å². The zero-order valence-corrected chi connectivity index (χ0v) is 13.9. The highest BCUT2D eigenvalue weighted by molar-refractivity contribution is 6.31. The quantitative estimate of drug-likeness (QED) is 0.502. The second-order valence-corrected chi connectivity index (χ2v) is 5.46. The first-order valence-corrected chi connectivity index (χ1v) is 7.56. The molecule has 128 valence electrons. The van der Waals surface area contributed by atoms with Gasteiger partial charge in [0.15, 0.2) is 0 Å². The molecule has 0 spiro atoms. The minimum atomic E-state index is -4.53. The summed E-state index contributed by atoms with van der Waals surface area (Å²) in [6.45, 7) is 2.84. The molecule has 0 saturated carbocycles. The number of aliphatic imine (C=N–C) groups is 1. The predicted octanol–water partition coefficient (Wildman–Crippen LogP) is 5.76. The lowest BCUT2D eigenvalue weighted by atomic mass is 10.2. The van der Waals surface area contributed by atoms with Crippen LogP contribution in [0.2, 0.25) is 5.02 Å². The number of nitrogens with zero attached hydrogens (tertiary/aromatic N) is 2. The third-order valence-corrected chi connectivity index (χ3v) is 3.55. The van der Waals surface area contributed by atoms with Gasteiger partial charge in [-0.05, 0) is 49.4 Å². The second-order valence-electron chi connectivity index (χ2n) is 5.05. The monoisotopic (exact) mass is 356 g/mol. The van der Waals surface area contributed by atoms with Crippen molar-refractivity contribution in [1.29, 1.82) is 0 Å². The molecular weight excluding hydrogens is 341 g/mol. The average Bonchev–Trinajstić information content (AvgIpc) is 2.54. The van der Waals surface area contributed by atoms with Crippen molar-refractivity contribution in [2.24, 2.45) is 4.99 Å². The SMILES string of the molecule is CCN(C)C=Nc1ccc(Oc2ccc(Cl)c(C(F)(F)F)c2)cc1. The van der Waals surface area contributed by atoms with Gasteiger partial charge in [0.25, 0.3) is 0 Å². The predicted molar refractivity (Wildman–Crippen MR) is 89.4 cm³/mol. The van der Waals surface area contributed by atoms with E-state index in [1.807, 2.05) is 18.9 Å². The Morgan fingerprint density at radius 3 is 2.33 bits per heavy atom. The van der Waals surface area contributed by atoms with Crippen molar-refractivity contribution in [3.8, 4) is 11.5 Å². The van der Waals surface area contributed by atoms with E-state index in [0.717, 1.165) is 18.3 Å². The van der Waals surface area contributed by atoms with Crippen LogP contribution < -0.4 is 4.74 Å². The molecule has 0 aliphatic carbocycles. The molecule has 2 rings (SSSR count). The van der Waals surface area contributed by atoms with Crippen molar-refractivity contribution >= 4 is 23.6 Å². The smallest absolute Gasteiger partial charge is 0.417 e. The Hall–Kier alpha value is -2.21. The van der Waals surface area contributed by atoms with Crippen molar-refractivity contribution in [3.05, 3.63) is 53.1 Å². The number of alkyl halides is 3. The number of ether oxygens (including phenoxy) is 1. The molecule has 0 fully saturated rings. The second kappa shape index (κ2) is 7.57. The summed E-state index contributed by atoms with van der Waals surface area (Å²) >= 11 is 5.58. The number of benzene rings is 2. The molecule has 0 atom stereocenters. The molecule has 2 aromatic carbocycles. The van der Waals surface area contributed by atoms with Crippen LogP contribution in [0.5, 0.6) is 11.5 Å². The van der Waals surface area contributed by atoms with Gasteiger partial charge in [0.05, 0.1) is 22.6 Å². The highest BCUT2D eigenvalue weighted by Gasteiger charge is 2.33. The lowest BCUT2D eigenvalue weighted by Crippen LogP contribution is -2.14. The van der Waals surface area contributed by atoms with Gasteiger partial charge in [-0.3, -0.25) is 0 Å². The summed E-state index contributed by atoms with van der Waals surface area (Å²) in [6.07, 6.45) is -2.83. The normalized spacial score (nSPS) is 11.8. The topological polar surface area (TPSA) is 24.8 Å². The van der Waals surface area contributed by atoms with Gasteiger partial charge >= 0.3 is 6.18 Å². The Labute approximate surface area is 143 Å². The summed E-state index contributed by atoms with van der Waals surface area (Å²) in [6, 6.07) is 10.1. The summed E-state index contributed by atoms with van der Waals surface area (Å²) < 4.78 is 44.0. The van der Waals surface area contributed by atoms with Crippen LogP contribution in [0, 0.1) is 0 Å². The Morgan fingerprint density at radius 2 is 1.75 bits per heavy atom. The zero-order chi connectivity index (χ0) is 17.7. The maximum atomic E-state index is 12.8. The number of hydrogen-bond donors (Lipinski definition) is 0. The molecule has 0 aromatic heterocycles. The molecule has 0 aliphatic rings. The first-order valence-electron chi connectivity index (χ1n) is 7.18. The molecule has 0 heterocycles. The van der Waals surface area contributed by atoms with E-state index in [1.54, 1.807) is 30.6 Å². The molecule has 24 heavy (non-hydrogen) atoms. The largest absolute Gasteiger partial charge is 0.457 e. The van der Waals surface area contributed by atoms with Crippen LogP contribution in [0.1, 0.15) is 12.5 Å². The van der Waals surface area contributed by atoms with Crippen LogP contribution in [-0.2, 0) is 6.18 Å². The third-order valence-electron chi connectivity index (χ3n) is 3.22. The molecule has 0 amide bonds. The van der Waals surface area contributed by atoms with Gasteiger partial charge in [0.1, 0.15) is 11.5 Å². The zero-order valence-electron chi connectivity index (χ0n) is 13.1. The van der Waals surface area contributed by atoms with Crippen molar-refractivity contribution in [3.63, 3.8) is 0 Å². The number of hydrogen-bond acceptors (Lipinski definition) is 2. The van der Waals surface area contributed by atoms with Crippen molar-refractivity contribution in [2.45, 2.75) is 13.1 Å². The summed E-state index contributed by atoms with van der Waals surface area (Å²) in [7, 11) is 1.90. The fraction of sp³-hybridized carbons (Fsp3) is 0.235. The summed E-state index contributed by atoms with van der Waals surface area (Å²) in [5, 5.41) is -0.362. The molecule has 2 aromatic rings. The standard InChI is InChI=1S/C17H16ClF3N2O/c1-3-23(2)11-22-12-4-6-13(7-5-12)24-14-8-9-16(18)15(10-14)17(19,20)21/h4-11H,3H2,1-2H3. The summed E-state index contributed by atoms with van der Waals surface area (Å²) in [5.41, 5.74) is -0.208. The van der Waals surface area contributed by atoms with Crippen LogP contribution >= 0.6 is 11.6 Å². The van der Waals surface area contributed by atoms with Crippen molar-refractivity contribution in [2.75, 3.05) is 13.6 Å². The van der Waals surface area contributed by atoms with Crippen LogP contribution in [0.15, 0.2) is 47.5 Å². The number of rotatable bonds is 5. The molecule has 0 N–H and O–H groups in total. The fourth-order valence-electron chi connectivity index (χ4n) is 1.77. The first kappa shape index (κ1) is 18.1. The maximum absolute atomic E-state index is 12.8. The Morgan fingerprint density at radius 1 is 1.12 bits per heavy atom. The van der Waals surface area contributed by atoms with Crippen LogP contribution in [0.4, 0.5) is 18.9 Å². The summed E-state index contributed by atoms with van der Waals surface area (Å²) in [5.74, 6) is 0.474. The maximum Gasteiger partial charge on any atom is 0.417 e. The lowest BCUT2D eigenvalue weighted by Gasteiger charge is -2.12. The highest BCUT2D eigenvalue weighted by atomic mass is 35.5. The summed E-state index contributed by atoms with van der Waals surface area (Å²) in [4.78, 5) is 6.18. The minimum absolute atomic E-state index is 0.0636. The fourth-order valence-corrected chi connectivity index (χ4v) is 1.99. The molecule has 0 unspecified atom stereocenters. The van der Waals surface area contributed by atoms with E-state index in [-0.39, 0.29) is 10.8 Å². The Kier molecular flexibility index (Phi) is 5.72. The molecule has 0 saturated heterocycles. The van der Waals surface area contributed by atoms with E-state index in [9.17, 15) is 13.2 Å². The van der Waals surface area contributed by atoms with Gasteiger partial charge in [-0.1, -0.05) is 11.6 Å². The van der Waals surface area contributed by atoms with Crippen LogP contribution in [-0.4, -0.2) is 24.8 Å². The van der Waals surface area contributed by atoms with E-state index >= 15 is 0 Å². The van der Waals surface area contributed by atoms with Gasteiger partial charge in [-0.15, -0.1) is 0 Å². The molecular formula is C17H16ClF3N2O. The minimum Gasteiger partial charge on any atom is -0.457 e. The molecule has 7 heteroatoms. The van der Waals surface area contributed by atoms with E-state index in [2.05, 4.69) is 4.99 Å². The molecule has 0 bridgehead atoms. The van der Waals surface area contributed by atoms with E-state index in [4.69, 9.17) is 16.3 Å². The Bertz CT molecular complexity index is 715. The van der Waals surface area contributed by atoms with Gasteiger partial charge in [0.2, 0.25) is 0 Å². The van der Waals surface area contributed by atoms with E-state index in [1.165, 1.54) is 12.1 Å².